The van der Waals surface area contributed by atoms with Crippen molar-refractivity contribution in [3.63, 3.8) is 0 Å². The second-order valence-corrected chi connectivity index (χ2v) is 7.25. The lowest BCUT2D eigenvalue weighted by molar-refractivity contribution is -0.131. The van der Waals surface area contributed by atoms with Gasteiger partial charge in [0.2, 0.25) is 5.91 Å². The average Bonchev–Trinajstić information content (AvgIpc) is 2.92. The number of aryl methyl sites for hydroxylation is 1. The highest BCUT2D eigenvalue weighted by atomic mass is 32.1. The first-order valence-electron chi connectivity index (χ1n) is 7.19. The first-order valence-corrected chi connectivity index (χ1v) is 8.01. The lowest BCUT2D eigenvalue weighted by Crippen LogP contribution is -2.39. The second kappa shape index (κ2) is 6.24. The van der Waals surface area contributed by atoms with Crippen LogP contribution in [0.5, 0.6) is 0 Å². The van der Waals surface area contributed by atoms with Crippen molar-refractivity contribution in [1.82, 2.24) is 15.1 Å². The van der Waals surface area contributed by atoms with Gasteiger partial charge in [0.05, 0.1) is 6.04 Å². The van der Waals surface area contributed by atoms with E-state index in [4.69, 9.17) is 0 Å². The van der Waals surface area contributed by atoms with E-state index < -0.39 is 0 Å². The smallest absolute Gasteiger partial charge is 0.241 e. The lowest BCUT2D eigenvalue weighted by Gasteiger charge is -2.30. The Labute approximate surface area is 125 Å². The Morgan fingerprint density at radius 1 is 1.45 bits per heavy atom. The first-order chi connectivity index (χ1) is 9.40. The SMILES string of the molecule is Cc1ccc(C2NC(C)C(=O)N2C(C)CCN(C)C)s1. The predicted molar refractivity (Wildman–Crippen MR) is 83.9 cm³/mol. The number of hydrogen-bond donors (Lipinski definition) is 1. The zero-order valence-corrected chi connectivity index (χ0v) is 13.8. The van der Waals surface area contributed by atoms with Crippen molar-refractivity contribution < 1.29 is 4.79 Å². The van der Waals surface area contributed by atoms with Gasteiger partial charge in [0.25, 0.3) is 0 Å². The number of carbonyl (C=O) groups is 1. The molecule has 0 aromatic carbocycles. The monoisotopic (exact) mass is 295 g/mol. The van der Waals surface area contributed by atoms with Crippen LogP contribution in [0.1, 0.15) is 36.2 Å². The highest BCUT2D eigenvalue weighted by Crippen LogP contribution is 2.32. The van der Waals surface area contributed by atoms with Crippen LogP contribution in [-0.2, 0) is 4.79 Å². The van der Waals surface area contributed by atoms with Crippen LogP contribution in [0.3, 0.4) is 0 Å². The summed E-state index contributed by atoms with van der Waals surface area (Å²) in [6.45, 7) is 7.20. The Morgan fingerprint density at radius 2 is 2.15 bits per heavy atom. The summed E-state index contributed by atoms with van der Waals surface area (Å²) in [4.78, 5) is 19.1. The minimum absolute atomic E-state index is 0.0355. The van der Waals surface area contributed by atoms with Crippen molar-refractivity contribution in [1.29, 1.82) is 0 Å². The summed E-state index contributed by atoms with van der Waals surface area (Å²) in [5.74, 6) is 0.215. The minimum atomic E-state index is -0.0933. The van der Waals surface area contributed by atoms with E-state index in [0.717, 1.165) is 13.0 Å². The molecular weight excluding hydrogens is 270 g/mol. The maximum atomic E-state index is 12.4. The predicted octanol–water partition coefficient (Wildman–Crippen LogP) is 2.22. The fraction of sp³-hybridized carbons (Fsp3) is 0.667. The van der Waals surface area contributed by atoms with E-state index in [0.29, 0.717) is 0 Å². The average molecular weight is 295 g/mol. The van der Waals surface area contributed by atoms with Gasteiger partial charge in [-0.1, -0.05) is 0 Å². The number of rotatable bonds is 5. The normalized spacial score (nSPS) is 24.7. The van der Waals surface area contributed by atoms with Gasteiger partial charge in [0.1, 0.15) is 6.17 Å². The summed E-state index contributed by atoms with van der Waals surface area (Å²) in [6.07, 6.45) is 1.03. The Kier molecular flexibility index (Phi) is 4.83. The van der Waals surface area contributed by atoms with Crippen LogP contribution >= 0.6 is 11.3 Å². The molecular formula is C15H25N3OS. The summed E-state index contributed by atoms with van der Waals surface area (Å²) in [6, 6.07) is 4.41. The van der Waals surface area contributed by atoms with Gasteiger partial charge < -0.3 is 9.80 Å². The molecule has 0 radical (unpaired) electrons. The molecule has 1 fully saturated rings. The molecule has 1 aliphatic heterocycles. The van der Waals surface area contributed by atoms with Crippen LogP contribution < -0.4 is 5.32 Å². The number of nitrogens with one attached hydrogen (secondary N) is 1. The highest BCUT2D eigenvalue weighted by Gasteiger charge is 2.40. The van der Waals surface area contributed by atoms with E-state index in [1.807, 2.05) is 11.8 Å². The summed E-state index contributed by atoms with van der Waals surface area (Å²) >= 11 is 1.77. The molecule has 2 heterocycles. The minimum Gasteiger partial charge on any atom is -0.318 e. The standard InChI is InChI=1S/C15H25N3OS/c1-10(8-9-17(4)5)18-14(16-12(3)15(18)19)13-7-6-11(2)20-13/h6-7,10,12,14,16H,8-9H2,1-5H3. The van der Waals surface area contributed by atoms with Gasteiger partial charge in [0, 0.05) is 15.8 Å². The summed E-state index contributed by atoms with van der Waals surface area (Å²) in [5.41, 5.74) is 0. The van der Waals surface area contributed by atoms with Crippen molar-refractivity contribution in [3.8, 4) is 0 Å². The van der Waals surface area contributed by atoms with Crippen molar-refractivity contribution in [2.24, 2.45) is 0 Å². The van der Waals surface area contributed by atoms with Crippen LogP contribution in [0.2, 0.25) is 0 Å². The molecule has 0 spiro atoms. The van der Waals surface area contributed by atoms with E-state index in [2.05, 4.69) is 50.3 Å². The van der Waals surface area contributed by atoms with Crippen molar-refractivity contribution in [2.75, 3.05) is 20.6 Å². The Balaban J connectivity index is 2.15. The molecule has 112 valence electrons. The van der Waals surface area contributed by atoms with Crippen molar-refractivity contribution >= 4 is 17.2 Å². The lowest BCUT2D eigenvalue weighted by atomic mass is 10.1. The van der Waals surface area contributed by atoms with Crippen LogP contribution in [0.25, 0.3) is 0 Å². The van der Waals surface area contributed by atoms with E-state index in [-0.39, 0.29) is 24.2 Å². The molecule has 1 N–H and O–H groups in total. The maximum Gasteiger partial charge on any atom is 0.241 e. The molecule has 4 nitrogen and oxygen atoms in total. The summed E-state index contributed by atoms with van der Waals surface area (Å²) in [7, 11) is 4.14. The van der Waals surface area contributed by atoms with Gasteiger partial charge in [0.15, 0.2) is 0 Å². The van der Waals surface area contributed by atoms with Crippen LogP contribution in [0.4, 0.5) is 0 Å². The molecule has 0 saturated carbocycles. The molecule has 1 saturated heterocycles. The van der Waals surface area contributed by atoms with Crippen LogP contribution in [-0.4, -0.2) is 48.4 Å². The number of amides is 1. The maximum absolute atomic E-state index is 12.4. The second-order valence-electron chi connectivity index (χ2n) is 5.93. The Morgan fingerprint density at radius 3 is 2.70 bits per heavy atom. The third-order valence-corrected chi connectivity index (χ3v) is 4.86. The topological polar surface area (TPSA) is 35.6 Å². The molecule has 1 aromatic heterocycles. The van der Waals surface area contributed by atoms with Gasteiger partial charge in [-0.25, -0.2) is 0 Å². The number of hydrogen-bond acceptors (Lipinski definition) is 4. The fourth-order valence-corrected chi connectivity index (χ4v) is 3.55. The van der Waals surface area contributed by atoms with Gasteiger partial charge in [-0.3, -0.25) is 10.1 Å². The fourth-order valence-electron chi connectivity index (χ4n) is 2.61. The van der Waals surface area contributed by atoms with Gasteiger partial charge in [-0.05, 0) is 60.0 Å². The summed E-state index contributed by atoms with van der Waals surface area (Å²) in [5, 5.41) is 3.43. The molecule has 1 aromatic rings. The number of thiophene rings is 1. The quantitative estimate of drug-likeness (QED) is 0.905. The molecule has 0 bridgehead atoms. The zero-order valence-electron chi connectivity index (χ0n) is 13.0. The molecule has 20 heavy (non-hydrogen) atoms. The van der Waals surface area contributed by atoms with E-state index in [1.165, 1.54) is 9.75 Å². The molecule has 3 atom stereocenters. The third kappa shape index (κ3) is 3.22. The zero-order chi connectivity index (χ0) is 14.9. The molecule has 1 aliphatic rings. The number of nitrogens with zero attached hydrogens (tertiary/aromatic N) is 2. The number of carbonyl (C=O) groups excluding carboxylic acids is 1. The molecule has 0 aliphatic carbocycles. The molecule has 1 amide bonds. The highest BCUT2D eigenvalue weighted by molar-refractivity contribution is 7.12. The van der Waals surface area contributed by atoms with Gasteiger partial charge in [-0.15, -0.1) is 11.3 Å². The third-order valence-electron chi connectivity index (χ3n) is 3.81. The van der Waals surface area contributed by atoms with Crippen molar-refractivity contribution in [3.05, 3.63) is 21.9 Å². The summed E-state index contributed by atoms with van der Waals surface area (Å²) < 4.78 is 0. The van der Waals surface area contributed by atoms with Crippen LogP contribution in [0.15, 0.2) is 12.1 Å². The van der Waals surface area contributed by atoms with Crippen LogP contribution in [0, 0.1) is 6.92 Å². The molecule has 3 unspecified atom stereocenters. The molecule has 2 rings (SSSR count). The Hall–Kier alpha value is -0.910. The largest absolute Gasteiger partial charge is 0.318 e. The van der Waals surface area contributed by atoms with E-state index in [1.54, 1.807) is 11.3 Å². The van der Waals surface area contributed by atoms with Crippen molar-refractivity contribution in [2.45, 2.75) is 45.4 Å². The van der Waals surface area contributed by atoms with Gasteiger partial charge >= 0.3 is 0 Å². The molecule has 5 heteroatoms. The van der Waals surface area contributed by atoms with E-state index >= 15 is 0 Å². The Bertz CT molecular complexity index is 471. The van der Waals surface area contributed by atoms with Gasteiger partial charge in [-0.2, -0.15) is 0 Å². The van der Waals surface area contributed by atoms with E-state index in [9.17, 15) is 4.79 Å². The first kappa shape index (κ1) is 15.5.